The third kappa shape index (κ3) is 4.19. The molecule has 1 aromatic carbocycles. The van der Waals surface area contributed by atoms with E-state index in [1.165, 1.54) is 21.6 Å². The number of aryl methyl sites for hydroxylation is 1. The first-order chi connectivity index (χ1) is 14.5. The second kappa shape index (κ2) is 8.71. The van der Waals surface area contributed by atoms with Crippen LogP contribution in [0.25, 0.3) is 0 Å². The average molecular weight is 425 g/mol. The van der Waals surface area contributed by atoms with Gasteiger partial charge >= 0.3 is 0 Å². The van der Waals surface area contributed by atoms with Crippen molar-refractivity contribution in [3.05, 3.63) is 68.8 Å². The molecule has 0 atom stereocenters. The van der Waals surface area contributed by atoms with Crippen LogP contribution in [0.4, 0.5) is 5.82 Å². The molecule has 7 heteroatoms. The van der Waals surface area contributed by atoms with Crippen LogP contribution in [0.15, 0.2) is 35.8 Å². The van der Waals surface area contributed by atoms with Gasteiger partial charge in [-0.15, -0.1) is 11.3 Å². The number of nitrogens with zero attached hydrogens (tertiary/aromatic N) is 2. The predicted octanol–water partition coefficient (Wildman–Crippen LogP) is 3.39. The van der Waals surface area contributed by atoms with E-state index >= 15 is 0 Å². The average Bonchev–Trinajstić information content (AvgIpc) is 3.06. The zero-order chi connectivity index (χ0) is 21.1. The van der Waals surface area contributed by atoms with Crippen LogP contribution in [-0.2, 0) is 23.1 Å². The molecule has 30 heavy (non-hydrogen) atoms. The summed E-state index contributed by atoms with van der Waals surface area (Å²) in [6, 6.07) is 8.26. The van der Waals surface area contributed by atoms with Crippen LogP contribution in [0.3, 0.4) is 0 Å². The molecular weight excluding hydrogens is 396 g/mol. The van der Waals surface area contributed by atoms with Crippen molar-refractivity contribution >= 4 is 17.2 Å². The van der Waals surface area contributed by atoms with Crippen LogP contribution >= 0.6 is 11.3 Å². The van der Waals surface area contributed by atoms with Crippen molar-refractivity contribution < 1.29 is 9.47 Å². The Morgan fingerprint density at radius 1 is 1.20 bits per heavy atom. The van der Waals surface area contributed by atoms with Gasteiger partial charge in [0.15, 0.2) is 0 Å². The summed E-state index contributed by atoms with van der Waals surface area (Å²) in [6.45, 7) is 6.33. The molecule has 1 fully saturated rings. The van der Waals surface area contributed by atoms with Gasteiger partial charge in [-0.25, -0.2) is 9.97 Å². The molecule has 1 aliphatic heterocycles. The van der Waals surface area contributed by atoms with E-state index in [-0.39, 0.29) is 5.54 Å². The largest absolute Gasteiger partial charge is 0.497 e. The van der Waals surface area contributed by atoms with Crippen molar-refractivity contribution in [1.82, 2.24) is 15.3 Å². The van der Waals surface area contributed by atoms with E-state index in [2.05, 4.69) is 39.7 Å². The molecule has 1 aliphatic rings. The number of nitrogens with one attached hydrogen (secondary N) is 1. The molecule has 0 unspecified atom stereocenters. The summed E-state index contributed by atoms with van der Waals surface area (Å²) in [6.07, 6.45) is 3.59. The van der Waals surface area contributed by atoms with E-state index in [9.17, 15) is 0 Å². The lowest BCUT2D eigenvalue weighted by Crippen LogP contribution is -2.57. The number of nitrogens with two attached hydrogens (primary N) is 1. The van der Waals surface area contributed by atoms with Gasteiger partial charge in [0.2, 0.25) is 0 Å². The number of anilines is 1. The van der Waals surface area contributed by atoms with Crippen molar-refractivity contribution in [2.75, 3.05) is 32.6 Å². The zero-order valence-electron chi connectivity index (χ0n) is 17.7. The molecule has 0 saturated carbocycles. The molecule has 4 rings (SSSR count). The summed E-state index contributed by atoms with van der Waals surface area (Å²) in [5.74, 6) is 2.15. The molecule has 0 aliphatic carbocycles. The maximum absolute atomic E-state index is 6.07. The molecule has 2 aromatic heterocycles. The minimum atomic E-state index is -0.103. The molecule has 0 spiro atoms. The third-order valence-electron chi connectivity index (χ3n) is 5.80. The number of hydrogen-bond acceptors (Lipinski definition) is 7. The maximum Gasteiger partial charge on any atom is 0.130 e. The highest BCUT2D eigenvalue weighted by Gasteiger charge is 2.39. The molecular formula is C23H28N4O2S. The molecule has 158 valence electrons. The van der Waals surface area contributed by atoms with E-state index in [0.717, 1.165) is 30.7 Å². The Balaban J connectivity index is 1.39. The van der Waals surface area contributed by atoms with Crippen molar-refractivity contribution in [2.24, 2.45) is 0 Å². The molecule has 3 aromatic rings. The van der Waals surface area contributed by atoms with Crippen LogP contribution in [0.1, 0.15) is 33.0 Å². The zero-order valence-corrected chi connectivity index (χ0v) is 18.5. The van der Waals surface area contributed by atoms with Gasteiger partial charge in [0.05, 0.1) is 25.9 Å². The Hall–Kier alpha value is -2.48. The number of benzene rings is 1. The molecule has 0 radical (unpaired) electrons. The highest BCUT2D eigenvalue weighted by Crippen LogP contribution is 2.31. The van der Waals surface area contributed by atoms with Crippen LogP contribution in [0.2, 0.25) is 0 Å². The Labute approximate surface area is 181 Å². The van der Waals surface area contributed by atoms with Crippen molar-refractivity contribution in [3.8, 4) is 5.75 Å². The number of methoxy groups -OCH3 is 1. The Kier molecular flexibility index (Phi) is 6.04. The lowest BCUT2D eigenvalue weighted by atomic mass is 9.87. The van der Waals surface area contributed by atoms with Crippen molar-refractivity contribution in [2.45, 2.75) is 32.2 Å². The number of nitrogen functional groups attached to an aromatic ring is 1. The van der Waals surface area contributed by atoms with Crippen LogP contribution in [0, 0.1) is 13.8 Å². The second-order valence-electron chi connectivity index (χ2n) is 7.79. The summed E-state index contributed by atoms with van der Waals surface area (Å²) in [5, 5.41) is 5.97. The number of rotatable bonds is 8. The smallest absolute Gasteiger partial charge is 0.130 e. The first kappa shape index (κ1) is 20.8. The fourth-order valence-corrected chi connectivity index (χ4v) is 4.85. The van der Waals surface area contributed by atoms with E-state index in [0.29, 0.717) is 24.9 Å². The van der Waals surface area contributed by atoms with Crippen molar-refractivity contribution in [3.63, 3.8) is 0 Å². The predicted molar refractivity (Wildman–Crippen MR) is 120 cm³/mol. The Morgan fingerprint density at radius 2 is 1.97 bits per heavy atom. The van der Waals surface area contributed by atoms with Gasteiger partial charge in [-0.05, 0) is 54.5 Å². The van der Waals surface area contributed by atoms with Gasteiger partial charge in [0.1, 0.15) is 17.4 Å². The lowest BCUT2D eigenvalue weighted by Gasteiger charge is -2.43. The maximum atomic E-state index is 6.07. The van der Waals surface area contributed by atoms with Gasteiger partial charge in [-0.3, -0.25) is 0 Å². The van der Waals surface area contributed by atoms with E-state index in [4.69, 9.17) is 15.2 Å². The third-order valence-corrected chi connectivity index (χ3v) is 6.99. The molecule has 3 N–H and O–H groups in total. The van der Waals surface area contributed by atoms with E-state index in [1.54, 1.807) is 7.11 Å². The molecule has 6 nitrogen and oxygen atoms in total. The van der Waals surface area contributed by atoms with Gasteiger partial charge in [-0.1, -0.05) is 12.1 Å². The SMILES string of the molecule is COc1ccc(C2(NCCc3scc(Cc4cnc(C)nc4N)c3C)COC2)cc1. The number of aromatic nitrogens is 2. The number of hydrogen-bond donors (Lipinski definition) is 2. The van der Waals surface area contributed by atoms with Gasteiger partial charge < -0.3 is 20.5 Å². The van der Waals surface area contributed by atoms with Crippen LogP contribution in [0.5, 0.6) is 5.75 Å². The second-order valence-corrected chi connectivity index (χ2v) is 8.76. The van der Waals surface area contributed by atoms with Crippen molar-refractivity contribution in [1.29, 1.82) is 0 Å². The fraction of sp³-hybridized carbons (Fsp3) is 0.391. The van der Waals surface area contributed by atoms with Gasteiger partial charge in [0, 0.05) is 29.6 Å². The normalized spacial score (nSPS) is 15.0. The lowest BCUT2D eigenvalue weighted by molar-refractivity contribution is -0.0782. The first-order valence-electron chi connectivity index (χ1n) is 10.1. The van der Waals surface area contributed by atoms with E-state index in [1.807, 2.05) is 36.6 Å². The fourth-order valence-electron chi connectivity index (χ4n) is 3.77. The summed E-state index contributed by atoms with van der Waals surface area (Å²) in [4.78, 5) is 9.96. The summed E-state index contributed by atoms with van der Waals surface area (Å²) in [5.41, 5.74) is 10.8. The quantitative estimate of drug-likeness (QED) is 0.577. The molecule has 3 heterocycles. The molecule has 0 amide bonds. The molecule has 0 bridgehead atoms. The molecule has 1 saturated heterocycles. The number of ether oxygens (including phenoxy) is 2. The summed E-state index contributed by atoms with van der Waals surface area (Å²) in [7, 11) is 1.69. The monoisotopic (exact) mass is 424 g/mol. The highest BCUT2D eigenvalue weighted by atomic mass is 32.1. The van der Waals surface area contributed by atoms with Gasteiger partial charge in [0.25, 0.3) is 0 Å². The Bertz CT molecular complexity index is 1010. The van der Waals surface area contributed by atoms with Crippen LogP contribution in [-0.4, -0.2) is 36.8 Å². The van der Waals surface area contributed by atoms with Crippen LogP contribution < -0.4 is 15.8 Å². The number of thiophene rings is 1. The summed E-state index contributed by atoms with van der Waals surface area (Å²) < 4.78 is 10.8. The standard InChI is InChI=1S/C23H28N4O2S/c1-15-18(10-17-11-25-16(2)27-22(17)24)12-30-21(15)8-9-26-23(13-29-14-23)19-4-6-20(28-3)7-5-19/h4-7,11-12,26H,8-10,13-14H2,1-3H3,(H2,24,25,27). The first-order valence-corrected chi connectivity index (χ1v) is 11.0. The Morgan fingerprint density at radius 3 is 2.60 bits per heavy atom. The highest BCUT2D eigenvalue weighted by molar-refractivity contribution is 7.10. The topological polar surface area (TPSA) is 82.3 Å². The van der Waals surface area contributed by atoms with E-state index < -0.39 is 0 Å². The minimum Gasteiger partial charge on any atom is -0.497 e. The van der Waals surface area contributed by atoms with Gasteiger partial charge in [-0.2, -0.15) is 0 Å². The minimum absolute atomic E-state index is 0.103. The summed E-state index contributed by atoms with van der Waals surface area (Å²) >= 11 is 1.81.